The molecule has 2 aromatic carbocycles. The highest BCUT2D eigenvalue weighted by Gasteiger charge is 2.22. The van der Waals surface area contributed by atoms with Crippen LogP contribution >= 0.6 is 0 Å². The summed E-state index contributed by atoms with van der Waals surface area (Å²) in [6.07, 6.45) is 1.59. The number of likely N-dealkylation sites (tertiary alicyclic amines) is 1. The molecule has 2 aromatic rings. The van der Waals surface area contributed by atoms with Crippen LogP contribution in [0.2, 0.25) is 0 Å². The van der Waals surface area contributed by atoms with Gasteiger partial charge in [-0.3, -0.25) is 14.5 Å². The third-order valence-corrected chi connectivity index (χ3v) is 6.30. The average Bonchev–Trinajstić information content (AvgIpc) is 3.20. The topological polar surface area (TPSA) is 55.9 Å². The minimum Gasteiger partial charge on any atom is -0.344 e. The van der Waals surface area contributed by atoms with Crippen LogP contribution in [-0.4, -0.2) is 72.8 Å². The van der Waals surface area contributed by atoms with E-state index < -0.39 is 0 Å². The van der Waals surface area contributed by atoms with Crippen LogP contribution < -0.4 is 5.32 Å². The number of carbonyl (C=O) groups is 2. The molecule has 31 heavy (non-hydrogen) atoms. The van der Waals surface area contributed by atoms with Crippen LogP contribution in [0.4, 0.5) is 0 Å². The molecule has 6 nitrogen and oxygen atoms in total. The molecule has 2 heterocycles. The highest BCUT2D eigenvalue weighted by molar-refractivity contribution is 5.94. The van der Waals surface area contributed by atoms with Crippen molar-refractivity contribution in [3.8, 4) is 0 Å². The average molecular weight is 421 g/mol. The van der Waals surface area contributed by atoms with Gasteiger partial charge in [0.25, 0.3) is 5.91 Å². The number of carbonyl (C=O) groups excluding carboxylic acids is 2. The highest BCUT2D eigenvalue weighted by atomic mass is 16.2. The van der Waals surface area contributed by atoms with Crippen molar-refractivity contribution in [2.24, 2.45) is 0 Å². The van der Waals surface area contributed by atoms with Crippen LogP contribution in [0.5, 0.6) is 0 Å². The predicted molar refractivity (Wildman–Crippen MR) is 122 cm³/mol. The van der Waals surface area contributed by atoms with E-state index in [1.165, 1.54) is 0 Å². The van der Waals surface area contributed by atoms with Crippen molar-refractivity contribution in [3.05, 3.63) is 71.3 Å². The van der Waals surface area contributed by atoms with E-state index in [4.69, 9.17) is 0 Å². The molecule has 2 fully saturated rings. The second kappa shape index (κ2) is 10.1. The molecule has 1 N–H and O–H groups in total. The summed E-state index contributed by atoms with van der Waals surface area (Å²) in [6.45, 7) is 6.38. The Morgan fingerprint density at radius 2 is 1.68 bits per heavy atom. The van der Waals surface area contributed by atoms with Gasteiger partial charge in [0.2, 0.25) is 5.91 Å². The van der Waals surface area contributed by atoms with Gasteiger partial charge in [-0.05, 0) is 36.7 Å². The Labute approximate surface area is 184 Å². The van der Waals surface area contributed by atoms with Crippen molar-refractivity contribution in [2.45, 2.75) is 25.4 Å². The quantitative estimate of drug-likeness (QED) is 0.748. The Balaban J connectivity index is 1.41. The van der Waals surface area contributed by atoms with Crippen LogP contribution in [0, 0.1) is 0 Å². The number of benzene rings is 2. The largest absolute Gasteiger partial charge is 0.344 e. The molecule has 6 heteroatoms. The van der Waals surface area contributed by atoms with Crippen molar-refractivity contribution in [2.75, 3.05) is 46.3 Å². The summed E-state index contributed by atoms with van der Waals surface area (Å²) >= 11 is 0. The molecule has 2 aliphatic rings. The Kier molecular flexibility index (Phi) is 6.99. The third-order valence-electron chi connectivity index (χ3n) is 6.30. The lowest BCUT2D eigenvalue weighted by Crippen LogP contribution is -2.47. The maximum atomic E-state index is 13.0. The minimum atomic E-state index is -0.0632. The number of piperazine rings is 1. The van der Waals surface area contributed by atoms with Gasteiger partial charge in [0.1, 0.15) is 0 Å². The number of amides is 2. The fraction of sp³-hybridized carbons (Fsp3) is 0.440. The lowest BCUT2D eigenvalue weighted by molar-refractivity contribution is -0.128. The van der Waals surface area contributed by atoms with Gasteiger partial charge in [-0.15, -0.1) is 0 Å². The maximum absolute atomic E-state index is 13.0. The van der Waals surface area contributed by atoms with Crippen molar-refractivity contribution in [3.63, 3.8) is 0 Å². The number of hydrogen-bond donors (Lipinski definition) is 1. The molecule has 2 aliphatic heterocycles. The second-order valence-corrected chi connectivity index (χ2v) is 8.66. The maximum Gasteiger partial charge on any atom is 0.251 e. The normalized spacial score (nSPS) is 18.9. The zero-order valence-electron chi connectivity index (χ0n) is 18.3. The van der Waals surface area contributed by atoms with Crippen molar-refractivity contribution >= 4 is 11.8 Å². The summed E-state index contributed by atoms with van der Waals surface area (Å²) in [5.74, 6) is 0.156. The zero-order valence-corrected chi connectivity index (χ0v) is 18.3. The van der Waals surface area contributed by atoms with E-state index in [9.17, 15) is 9.59 Å². The summed E-state index contributed by atoms with van der Waals surface area (Å²) in [6, 6.07) is 17.8. The Hall–Kier alpha value is -2.70. The molecular weight excluding hydrogens is 388 g/mol. The summed E-state index contributed by atoms with van der Waals surface area (Å²) in [4.78, 5) is 31.5. The molecule has 2 saturated heterocycles. The van der Waals surface area contributed by atoms with E-state index in [1.807, 2.05) is 47.4 Å². The molecular formula is C25H32N4O2. The van der Waals surface area contributed by atoms with E-state index in [-0.39, 0.29) is 17.9 Å². The molecule has 4 rings (SSSR count). The number of nitrogens with one attached hydrogen (secondary N) is 1. The molecule has 2 amide bonds. The molecule has 0 aliphatic carbocycles. The first kappa shape index (κ1) is 21.5. The second-order valence-electron chi connectivity index (χ2n) is 8.66. The number of hydrogen-bond acceptors (Lipinski definition) is 4. The molecule has 164 valence electrons. The fourth-order valence-corrected chi connectivity index (χ4v) is 4.30. The Bertz CT molecular complexity index is 876. The smallest absolute Gasteiger partial charge is 0.251 e. The molecule has 1 unspecified atom stereocenters. The van der Waals surface area contributed by atoms with Gasteiger partial charge in [-0.2, -0.15) is 0 Å². The van der Waals surface area contributed by atoms with E-state index in [0.29, 0.717) is 18.5 Å². The van der Waals surface area contributed by atoms with E-state index >= 15 is 0 Å². The zero-order chi connectivity index (χ0) is 21.6. The third kappa shape index (κ3) is 5.71. The first-order valence-corrected chi connectivity index (χ1v) is 11.2. The van der Waals surface area contributed by atoms with Gasteiger partial charge < -0.3 is 15.1 Å². The first-order valence-electron chi connectivity index (χ1n) is 11.2. The predicted octanol–water partition coefficient (Wildman–Crippen LogP) is 2.53. The Morgan fingerprint density at radius 1 is 0.968 bits per heavy atom. The fourth-order valence-electron chi connectivity index (χ4n) is 4.30. The number of nitrogens with zero attached hydrogens (tertiary/aromatic N) is 3. The first-order chi connectivity index (χ1) is 15.1. The molecule has 0 spiro atoms. The summed E-state index contributed by atoms with van der Waals surface area (Å²) < 4.78 is 0. The van der Waals surface area contributed by atoms with E-state index in [0.717, 1.165) is 56.8 Å². The van der Waals surface area contributed by atoms with Gasteiger partial charge >= 0.3 is 0 Å². The molecule has 0 aromatic heterocycles. The van der Waals surface area contributed by atoms with E-state index in [2.05, 4.69) is 34.3 Å². The monoisotopic (exact) mass is 420 g/mol. The van der Waals surface area contributed by atoms with Gasteiger partial charge in [0.05, 0.1) is 6.04 Å². The minimum absolute atomic E-state index is 0.0565. The number of likely N-dealkylation sites (N-methyl/N-ethyl adjacent to an activating group) is 1. The molecule has 0 radical (unpaired) electrons. The molecule has 0 saturated carbocycles. The summed E-state index contributed by atoms with van der Waals surface area (Å²) in [5, 5.41) is 3.25. The molecule has 1 atom stereocenters. The van der Waals surface area contributed by atoms with Crippen LogP contribution in [0.3, 0.4) is 0 Å². The Morgan fingerprint density at radius 3 is 2.32 bits per heavy atom. The summed E-state index contributed by atoms with van der Waals surface area (Å²) in [5.41, 5.74) is 2.83. The SMILES string of the molecule is CN1CCN(CC(NC(=O)c2ccc(CN3CCCC3=O)cc2)c2ccccc2)CC1. The molecule has 0 bridgehead atoms. The van der Waals surface area contributed by atoms with Crippen molar-refractivity contribution in [1.29, 1.82) is 0 Å². The lowest BCUT2D eigenvalue weighted by Gasteiger charge is -2.35. The van der Waals surface area contributed by atoms with Crippen LogP contribution in [-0.2, 0) is 11.3 Å². The van der Waals surface area contributed by atoms with Crippen molar-refractivity contribution in [1.82, 2.24) is 20.0 Å². The van der Waals surface area contributed by atoms with Crippen LogP contribution in [0.25, 0.3) is 0 Å². The standard InChI is InChI=1S/C25H32N4O2/c1-27-14-16-28(17-15-27)19-23(21-6-3-2-4-7-21)26-25(31)22-11-9-20(10-12-22)18-29-13-5-8-24(29)30/h2-4,6-7,9-12,23H,5,8,13-19H2,1H3,(H,26,31). The number of rotatable bonds is 7. The van der Waals surface area contributed by atoms with Gasteiger partial charge in [-0.25, -0.2) is 0 Å². The van der Waals surface area contributed by atoms with Crippen LogP contribution in [0.1, 0.15) is 40.4 Å². The van der Waals surface area contributed by atoms with Gasteiger partial charge in [-0.1, -0.05) is 42.5 Å². The van der Waals surface area contributed by atoms with Crippen LogP contribution in [0.15, 0.2) is 54.6 Å². The summed E-state index contributed by atoms with van der Waals surface area (Å²) in [7, 11) is 2.15. The van der Waals surface area contributed by atoms with Crippen molar-refractivity contribution < 1.29 is 9.59 Å². The lowest BCUT2D eigenvalue weighted by atomic mass is 10.0. The van der Waals surface area contributed by atoms with Gasteiger partial charge in [0, 0.05) is 57.8 Å². The van der Waals surface area contributed by atoms with Gasteiger partial charge in [0.15, 0.2) is 0 Å². The van der Waals surface area contributed by atoms with E-state index in [1.54, 1.807) is 0 Å². The highest BCUT2D eigenvalue weighted by Crippen LogP contribution is 2.18.